The van der Waals surface area contributed by atoms with E-state index in [1.54, 1.807) is 18.4 Å². The SMILES string of the molecule is CO[C@]1(C)C[C@H](NC(=O)N[C@@H](C)c2csc(C)n2)C1(C)C. The normalized spacial score (nSPS) is 28.6. The van der Waals surface area contributed by atoms with Crippen molar-refractivity contribution in [2.75, 3.05) is 7.11 Å². The van der Waals surface area contributed by atoms with Gasteiger partial charge in [0.1, 0.15) is 0 Å². The highest BCUT2D eigenvalue weighted by Crippen LogP contribution is 2.51. The predicted octanol–water partition coefficient (Wildman–Crippen LogP) is 3.02. The molecule has 0 spiro atoms. The molecule has 1 aromatic rings. The first kappa shape index (κ1) is 16.2. The van der Waals surface area contributed by atoms with E-state index in [-0.39, 0.29) is 29.1 Å². The van der Waals surface area contributed by atoms with Crippen LogP contribution in [0.15, 0.2) is 5.38 Å². The number of thiazole rings is 1. The maximum absolute atomic E-state index is 12.1. The largest absolute Gasteiger partial charge is 0.378 e. The lowest BCUT2D eigenvalue weighted by Crippen LogP contribution is -2.69. The zero-order valence-corrected chi connectivity index (χ0v) is 14.4. The summed E-state index contributed by atoms with van der Waals surface area (Å²) >= 11 is 1.59. The molecule has 5 nitrogen and oxygen atoms in total. The van der Waals surface area contributed by atoms with Gasteiger partial charge in [0.2, 0.25) is 0 Å². The molecule has 118 valence electrons. The van der Waals surface area contributed by atoms with Crippen LogP contribution in [0.2, 0.25) is 0 Å². The van der Waals surface area contributed by atoms with Crippen LogP contribution < -0.4 is 10.6 Å². The van der Waals surface area contributed by atoms with Gasteiger partial charge >= 0.3 is 6.03 Å². The summed E-state index contributed by atoms with van der Waals surface area (Å²) in [7, 11) is 1.73. The van der Waals surface area contributed by atoms with Crippen molar-refractivity contribution in [1.29, 1.82) is 0 Å². The third-order valence-electron chi connectivity index (χ3n) is 5.01. The minimum absolute atomic E-state index is 0.0838. The zero-order valence-electron chi connectivity index (χ0n) is 13.6. The van der Waals surface area contributed by atoms with E-state index in [1.165, 1.54) is 0 Å². The number of carbonyl (C=O) groups excluding carboxylic acids is 1. The highest BCUT2D eigenvalue weighted by Gasteiger charge is 2.58. The zero-order chi connectivity index (χ0) is 15.8. The first-order valence-corrected chi connectivity index (χ1v) is 8.12. The second-order valence-electron chi connectivity index (χ2n) is 6.54. The molecule has 0 aromatic carbocycles. The van der Waals surface area contributed by atoms with Crippen LogP contribution in [0, 0.1) is 12.3 Å². The number of ether oxygens (including phenoxy) is 1. The van der Waals surface area contributed by atoms with Gasteiger partial charge in [0, 0.05) is 23.9 Å². The number of hydrogen-bond acceptors (Lipinski definition) is 4. The van der Waals surface area contributed by atoms with E-state index in [9.17, 15) is 4.79 Å². The first-order chi connectivity index (χ1) is 9.69. The van der Waals surface area contributed by atoms with Crippen molar-refractivity contribution in [2.24, 2.45) is 5.41 Å². The van der Waals surface area contributed by atoms with Crippen molar-refractivity contribution in [3.63, 3.8) is 0 Å². The van der Waals surface area contributed by atoms with E-state index in [1.807, 2.05) is 19.2 Å². The summed E-state index contributed by atoms with van der Waals surface area (Å²) in [5.41, 5.74) is 0.643. The third kappa shape index (κ3) is 2.92. The number of carbonyl (C=O) groups is 1. The number of rotatable bonds is 4. The fourth-order valence-corrected chi connectivity index (χ4v) is 3.48. The predicted molar refractivity (Wildman–Crippen MR) is 84.5 cm³/mol. The molecule has 0 radical (unpaired) electrons. The number of aryl methyl sites for hydroxylation is 1. The number of hydrogen-bond donors (Lipinski definition) is 2. The Hall–Kier alpha value is -1.14. The fourth-order valence-electron chi connectivity index (χ4n) is 2.77. The van der Waals surface area contributed by atoms with Crippen molar-refractivity contribution in [1.82, 2.24) is 15.6 Å². The number of nitrogens with one attached hydrogen (secondary N) is 2. The molecule has 1 heterocycles. The van der Waals surface area contributed by atoms with Crippen LogP contribution in [-0.2, 0) is 4.74 Å². The Kier molecular flexibility index (Phi) is 4.31. The summed E-state index contributed by atoms with van der Waals surface area (Å²) in [5, 5.41) is 8.99. The molecule has 0 unspecified atom stereocenters. The molecule has 0 saturated heterocycles. The van der Waals surface area contributed by atoms with Gasteiger partial charge in [0.15, 0.2) is 0 Å². The molecule has 6 heteroatoms. The Morgan fingerprint density at radius 1 is 1.52 bits per heavy atom. The quantitative estimate of drug-likeness (QED) is 0.898. The van der Waals surface area contributed by atoms with Crippen LogP contribution in [0.4, 0.5) is 4.79 Å². The first-order valence-electron chi connectivity index (χ1n) is 7.24. The van der Waals surface area contributed by atoms with Crippen LogP contribution in [-0.4, -0.2) is 29.8 Å². The second-order valence-corrected chi connectivity index (χ2v) is 7.61. The standard InChI is InChI=1S/C15H25N3O2S/c1-9(11-8-21-10(2)17-11)16-13(19)18-12-7-15(5,20-6)14(12,3)4/h8-9,12H,7H2,1-6H3,(H2,16,18,19)/t9-,12-,15+/m0/s1. The van der Waals surface area contributed by atoms with E-state index in [0.29, 0.717) is 0 Å². The molecule has 1 fully saturated rings. The fraction of sp³-hybridized carbons (Fsp3) is 0.733. The minimum Gasteiger partial charge on any atom is -0.378 e. The van der Waals surface area contributed by atoms with E-state index < -0.39 is 0 Å². The average molecular weight is 311 g/mol. The van der Waals surface area contributed by atoms with Gasteiger partial charge in [-0.1, -0.05) is 13.8 Å². The topological polar surface area (TPSA) is 63.2 Å². The molecular formula is C15H25N3O2S. The van der Waals surface area contributed by atoms with Crippen molar-refractivity contribution < 1.29 is 9.53 Å². The van der Waals surface area contributed by atoms with Gasteiger partial charge in [-0.25, -0.2) is 9.78 Å². The lowest BCUT2D eigenvalue weighted by molar-refractivity contribution is -0.177. The second kappa shape index (κ2) is 5.57. The van der Waals surface area contributed by atoms with Gasteiger partial charge < -0.3 is 15.4 Å². The number of urea groups is 1. The summed E-state index contributed by atoms with van der Waals surface area (Å²) in [6.07, 6.45) is 0.827. The number of aromatic nitrogens is 1. The molecule has 1 aromatic heterocycles. The van der Waals surface area contributed by atoms with Gasteiger partial charge in [-0.3, -0.25) is 0 Å². The Morgan fingerprint density at radius 3 is 2.67 bits per heavy atom. The van der Waals surface area contributed by atoms with E-state index >= 15 is 0 Å². The van der Waals surface area contributed by atoms with E-state index in [4.69, 9.17) is 4.74 Å². The van der Waals surface area contributed by atoms with Crippen LogP contribution >= 0.6 is 11.3 Å². The van der Waals surface area contributed by atoms with E-state index in [0.717, 1.165) is 17.1 Å². The molecule has 1 aliphatic rings. The van der Waals surface area contributed by atoms with Crippen molar-refractivity contribution >= 4 is 17.4 Å². The molecular weight excluding hydrogens is 286 g/mol. The summed E-state index contributed by atoms with van der Waals surface area (Å²) < 4.78 is 5.57. The summed E-state index contributed by atoms with van der Waals surface area (Å²) in [6.45, 7) is 10.2. The van der Waals surface area contributed by atoms with Crippen molar-refractivity contribution in [3.05, 3.63) is 16.1 Å². The summed E-state index contributed by atoms with van der Waals surface area (Å²) in [5.74, 6) is 0. The molecule has 2 rings (SSSR count). The molecule has 3 atom stereocenters. The van der Waals surface area contributed by atoms with Gasteiger partial charge in [-0.2, -0.15) is 0 Å². The van der Waals surface area contributed by atoms with Crippen LogP contribution in [0.25, 0.3) is 0 Å². The molecule has 2 N–H and O–H groups in total. The number of amides is 2. The Labute approximate surface area is 130 Å². The molecule has 1 aliphatic carbocycles. The van der Waals surface area contributed by atoms with Crippen LogP contribution in [0.1, 0.15) is 50.9 Å². The van der Waals surface area contributed by atoms with Gasteiger partial charge in [-0.15, -0.1) is 11.3 Å². The summed E-state index contributed by atoms with van der Waals surface area (Å²) in [6, 6.07) is -0.122. The van der Waals surface area contributed by atoms with Crippen molar-refractivity contribution in [2.45, 2.75) is 58.7 Å². The van der Waals surface area contributed by atoms with Crippen LogP contribution in [0.3, 0.4) is 0 Å². The van der Waals surface area contributed by atoms with Gasteiger partial charge in [-0.05, 0) is 27.2 Å². The lowest BCUT2D eigenvalue weighted by atomic mass is 9.56. The number of methoxy groups -OCH3 is 1. The molecule has 21 heavy (non-hydrogen) atoms. The Morgan fingerprint density at radius 2 is 2.19 bits per heavy atom. The monoisotopic (exact) mass is 311 g/mol. The maximum atomic E-state index is 12.1. The van der Waals surface area contributed by atoms with Gasteiger partial charge in [0.05, 0.1) is 22.3 Å². The smallest absolute Gasteiger partial charge is 0.315 e. The Balaban J connectivity index is 1.89. The molecule has 0 aliphatic heterocycles. The van der Waals surface area contributed by atoms with Gasteiger partial charge in [0.25, 0.3) is 0 Å². The highest BCUT2D eigenvalue weighted by molar-refractivity contribution is 7.09. The van der Waals surface area contributed by atoms with E-state index in [2.05, 4.69) is 36.4 Å². The Bertz CT molecular complexity index is 529. The summed E-state index contributed by atoms with van der Waals surface area (Å²) in [4.78, 5) is 16.5. The highest BCUT2D eigenvalue weighted by atomic mass is 32.1. The third-order valence-corrected chi connectivity index (χ3v) is 5.80. The lowest BCUT2D eigenvalue weighted by Gasteiger charge is -2.59. The molecule has 1 saturated carbocycles. The maximum Gasteiger partial charge on any atom is 0.315 e. The number of nitrogens with zero attached hydrogens (tertiary/aromatic N) is 1. The minimum atomic E-state index is -0.178. The molecule has 0 bridgehead atoms. The van der Waals surface area contributed by atoms with Crippen LogP contribution in [0.5, 0.6) is 0 Å². The average Bonchev–Trinajstić information content (AvgIpc) is 2.84. The molecule has 2 amide bonds. The van der Waals surface area contributed by atoms with Crippen molar-refractivity contribution in [3.8, 4) is 0 Å².